The van der Waals surface area contributed by atoms with E-state index in [0.29, 0.717) is 71.2 Å². The van der Waals surface area contributed by atoms with Gasteiger partial charge in [-0.25, -0.2) is 4.98 Å². The van der Waals surface area contributed by atoms with Crippen LogP contribution in [0, 0.1) is 6.92 Å². The number of thiazole rings is 1. The summed E-state index contributed by atoms with van der Waals surface area (Å²) in [5.74, 6) is 0.123. The van der Waals surface area contributed by atoms with Crippen LogP contribution < -0.4 is 23.8 Å². The number of aliphatic hydroxyl groups excluding tert-OH is 1. The molecule has 0 aliphatic carbocycles. The largest absolute Gasteiger partial charge is 0.507 e. The minimum Gasteiger partial charge on any atom is -0.507 e. The van der Waals surface area contributed by atoms with Gasteiger partial charge < -0.3 is 24.1 Å². The number of aryl methyl sites for hydroxylation is 1. The van der Waals surface area contributed by atoms with Gasteiger partial charge in [0.05, 0.1) is 35.0 Å². The van der Waals surface area contributed by atoms with Crippen molar-refractivity contribution in [3.05, 3.63) is 76.9 Å². The Labute approximate surface area is 246 Å². The highest BCUT2D eigenvalue weighted by molar-refractivity contribution is 7.22. The van der Waals surface area contributed by atoms with E-state index in [0.717, 1.165) is 16.7 Å². The number of carbonyl (C=O) groups is 2. The maximum Gasteiger partial charge on any atom is 0.301 e. The summed E-state index contributed by atoms with van der Waals surface area (Å²) in [7, 11) is 0. The molecule has 0 radical (unpaired) electrons. The molecule has 9 nitrogen and oxygen atoms in total. The number of Topliss-reactive ketones (excluding diaryl/α,β-unsaturated/α-hetero) is 1. The zero-order valence-electron chi connectivity index (χ0n) is 23.5. The summed E-state index contributed by atoms with van der Waals surface area (Å²) in [6.07, 6.45) is 0.820. The van der Waals surface area contributed by atoms with Crippen LogP contribution in [-0.2, 0) is 9.59 Å². The molecule has 3 heterocycles. The number of amides is 1. The molecule has 1 fully saturated rings. The van der Waals surface area contributed by atoms with E-state index in [9.17, 15) is 14.7 Å². The summed E-state index contributed by atoms with van der Waals surface area (Å²) >= 11 is 1.31. The van der Waals surface area contributed by atoms with Crippen LogP contribution in [0.2, 0.25) is 0 Å². The van der Waals surface area contributed by atoms with Crippen LogP contribution in [0.15, 0.2) is 60.2 Å². The fourth-order valence-corrected chi connectivity index (χ4v) is 6.20. The zero-order chi connectivity index (χ0) is 29.4. The fourth-order valence-electron chi connectivity index (χ4n) is 5.11. The predicted octanol–water partition coefficient (Wildman–Crippen LogP) is 6.19. The number of nitrogens with zero attached hydrogens (tertiary/aromatic N) is 2. The van der Waals surface area contributed by atoms with Crippen molar-refractivity contribution < 1.29 is 33.6 Å². The number of hydrogen-bond donors (Lipinski definition) is 1. The smallest absolute Gasteiger partial charge is 0.301 e. The summed E-state index contributed by atoms with van der Waals surface area (Å²) < 4.78 is 24.0. The first-order valence-corrected chi connectivity index (χ1v) is 14.7. The molecule has 1 aromatic heterocycles. The maximum absolute atomic E-state index is 13.7. The number of carbonyl (C=O) groups excluding carboxylic acids is 2. The number of benzene rings is 3. The van der Waals surface area contributed by atoms with E-state index in [2.05, 4.69) is 0 Å². The normalized spacial score (nSPS) is 17.6. The lowest BCUT2D eigenvalue weighted by Gasteiger charge is -2.24. The maximum atomic E-state index is 13.7. The SMILES string of the molecule is CCCOc1ccc([C@@H]2/C(=C(\O)c3ccc4c(c3)OCCO4)C(=O)C(=O)N2c2nc3ccc(C)cc3s2)cc1OCC. The zero-order valence-corrected chi connectivity index (χ0v) is 24.3. The number of aliphatic hydroxyl groups is 1. The van der Waals surface area contributed by atoms with Crippen LogP contribution in [0.5, 0.6) is 23.0 Å². The lowest BCUT2D eigenvalue weighted by atomic mass is 9.95. The number of hydrogen-bond acceptors (Lipinski definition) is 9. The molecule has 0 unspecified atom stereocenters. The number of fused-ring (bicyclic) bond motifs is 2. The van der Waals surface area contributed by atoms with Crippen molar-refractivity contribution in [1.82, 2.24) is 4.98 Å². The summed E-state index contributed by atoms with van der Waals surface area (Å²) in [6, 6.07) is 15.1. The van der Waals surface area contributed by atoms with Gasteiger partial charge in [-0.05, 0) is 73.9 Å². The minimum atomic E-state index is -0.973. The predicted molar refractivity (Wildman–Crippen MR) is 160 cm³/mol. The first kappa shape index (κ1) is 27.6. The highest BCUT2D eigenvalue weighted by Gasteiger charge is 2.48. The van der Waals surface area contributed by atoms with Gasteiger partial charge in [0.1, 0.15) is 19.0 Å². The van der Waals surface area contributed by atoms with Gasteiger partial charge in [-0.15, -0.1) is 0 Å². The Morgan fingerprint density at radius 1 is 1.00 bits per heavy atom. The number of ketones is 1. The Hall–Kier alpha value is -4.57. The average Bonchev–Trinajstić information content (AvgIpc) is 3.53. The van der Waals surface area contributed by atoms with E-state index in [1.165, 1.54) is 16.2 Å². The quantitative estimate of drug-likeness (QED) is 0.148. The van der Waals surface area contributed by atoms with Crippen molar-refractivity contribution in [2.45, 2.75) is 33.2 Å². The van der Waals surface area contributed by atoms with Crippen LogP contribution >= 0.6 is 11.3 Å². The van der Waals surface area contributed by atoms with E-state index in [1.807, 2.05) is 39.0 Å². The van der Waals surface area contributed by atoms with E-state index < -0.39 is 17.7 Å². The molecular weight excluding hydrogens is 556 g/mol. The Kier molecular flexibility index (Phi) is 7.47. The molecule has 1 atom stereocenters. The first-order chi connectivity index (χ1) is 20.4. The molecule has 6 rings (SSSR count). The van der Waals surface area contributed by atoms with Crippen LogP contribution in [0.25, 0.3) is 16.0 Å². The Bertz CT molecular complexity index is 1730. The monoisotopic (exact) mass is 586 g/mol. The van der Waals surface area contributed by atoms with Gasteiger partial charge in [-0.3, -0.25) is 14.5 Å². The van der Waals surface area contributed by atoms with Gasteiger partial charge in [0.15, 0.2) is 28.1 Å². The van der Waals surface area contributed by atoms with Gasteiger partial charge in [0.2, 0.25) is 0 Å². The molecule has 1 saturated heterocycles. The Morgan fingerprint density at radius 3 is 2.60 bits per heavy atom. The summed E-state index contributed by atoms with van der Waals surface area (Å²) in [5, 5.41) is 12.0. The van der Waals surface area contributed by atoms with Crippen molar-refractivity contribution in [2.24, 2.45) is 0 Å². The van der Waals surface area contributed by atoms with E-state index in [1.54, 1.807) is 36.4 Å². The van der Waals surface area contributed by atoms with Gasteiger partial charge in [-0.1, -0.05) is 30.4 Å². The van der Waals surface area contributed by atoms with Crippen LogP contribution in [0.1, 0.15) is 43.0 Å². The van der Waals surface area contributed by atoms with Gasteiger partial charge in [0, 0.05) is 5.56 Å². The molecule has 4 aromatic rings. The molecule has 10 heteroatoms. The highest BCUT2D eigenvalue weighted by atomic mass is 32.1. The molecule has 0 saturated carbocycles. The van der Waals surface area contributed by atoms with Crippen LogP contribution in [-0.4, -0.2) is 48.2 Å². The van der Waals surface area contributed by atoms with Gasteiger partial charge >= 0.3 is 5.91 Å². The third-order valence-electron chi connectivity index (χ3n) is 7.04. The fraction of sp³-hybridized carbons (Fsp3) is 0.281. The van der Waals surface area contributed by atoms with Crippen molar-refractivity contribution in [2.75, 3.05) is 31.3 Å². The van der Waals surface area contributed by atoms with E-state index in [-0.39, 0.29) is 11.3 Å². The topological polar surface area (TPSA) is 107 Å². The Morgan fingerprint density at radius 2 is 1.81 bits per heavy atom. The molecule has 1 amide bonds. The summed E-state index contributed by atoms with van der Waals surface area (Å²) in [6.45, 7) is 7.55. The third-order valence-corrected chi connectivity index (χ3v) is 8.06. The van der Waals surface area contributed by atoms with Crippen molar-refractivity contribution >= 4 is 44.1 Å². The lowest BCUT2D eigenvalue weighted by molar-refractivity contribution is -0.132. The van der Waals surface area contributed by atoms with E-state index >= 15 is 0 Å². The standard InChI is InChI=1S/C32H30N2O7S/c1-4-12-39-22-10-7-19(16-24(22)38-5-2)28-27(29(35)20-8-11-23-25(17-20)41-14-13-40-23)30(36)31(37)34(28)32-33-21-9-6-18(3)15-26(21)42-32/h6-11,15-17,28,35H,4-5,12-14H2,1-3H3/b29-27+/t28-/m1/s1. The minimum absolute atomic E-state index is 0.0585. The number of ether oxygens (including phenoxy) is 4. The molecule has 42 heavy (non-hydrogen) atoms. The Balaban J connectivity index is 1.53. The molecule has 2 aliphatic rings. The molecule has 0 bridgehead atoms. The molecule has 3 aromatic carbocycles. The van der Waals surface area contributed by atoms with Crippen LogP contribution in [0.3, 0.4) is 0 Å². The first-order valence-electron chi connectivity index (χ1n) is 13.9. The second-order valence-corrected chi connectivity index (χ2v) is 11.0. The average molecular weight is 587 g/mol. The molecule has 216 valence electrons. The van der Waals surface area contributed by atoms with E-state index in [4.69, 9.17) is 23.9 Å². The third kappa shape index (κ3) is 4.92. The second kappa shape index (κ2) is 11.4. The summed E-state index contributed by atoms with van der Waals surface area (Å²) in [4.78, 5) is 33.5. The van der Waals surface area contributed by atoms with Crippen molar-refractivity contribution in [3.63, 3.8) is 0 Å². The number of aromatic nitrogens is 1. The number of anilines is 1. The molecule has 1 N–H and O–H groups in total. The van der Waals surface area contributed by atoms with Gasteiger partial charge in [-0.2, -0.15) is 0 Å². The highest BCUT2D eigenvalue weighted by Crippen LogP contribution is 2.46. The van der Waals surface area contributed by atoms with Crippen molar-refractivity contribution in [1.29, 1.82) is 0 Å². The lowest BCUT2D eigenvalue weighted by Crippen LogP contribution is -2.29. The molecule has 0 spiro atoms. The van der Waals surface area contributed by atoms with Crippen molar-refractivity contribution in [3.8, 4) is 23.0 Å². The van der Waals surface area contributed by atoms with Crippen LogP contribution in [0.4, 0.5) is 5.13 Å². The molecule has 2 aliphatic heterocycles. The summed E-state index contributed by atoms with van der Waals surface area (Å²) in [5.41, 5.74) is 2.60. The second-order valence-electron chi connectivity index (χ2n) is 9.98. The molecular formula is C32H30N2O7S. The van der Waals surface area contributed by atoms with Gasteiger partial charge in [0.25, 0.3) is 5.78 Å². The number of rotatable bonds is 8.